The van der Waals surface area contributed by atoms with E-state index in [4.69, 9.17) is 21.1 Å². The zero-order valence-corrected chi connectivity index (χ0v) is 8.99. The van der Waals surface area contributed by atoms with E-state index >= 15 is 0 Å². The minimum Gasteiger partial charge on any atom is -0.497 e. The van der Waals surface area contributed by atoms with Crippen LogP contribution in [0.4, 0.5) is 10.1 Å². The second kappa shape index (κ2) is 5.46. The number of nitriles is 1. The molecule has 0 aromatic heterocycles. The van der Waals surface area contributed by atoms with Gasteiger partial charge in [-0.25, -0.2) is 4.39 Å². The molecule has 1 aromatic rings. The molecule has 7 heteroatoms. The topological polar surface area (TPSA) is 107 Å². The summed E-state index contributed by atoms with van der Waals surface area (Å²) in [7, 11) is 1.42. The summed E-state index contributed by atoms with van der Waals surface area (Å²) in [5.41, 5.74) is 7.12. The molecule has 0 amide bonds. The molecule has 1 aromatic carbocycles. The maximum absolute atomic E-state index is 13.4. The molecule has 0 radical (unpaired) electrons. The monoisotopic (exact) mass is 235 g/mol. The number of halogens is 1. The molecule has 0 aliphatic heterocycles. The van der Waals surface area contributed by atoms with Gasteiger partial charge in [0.1, 0.15) is 11.8 Å². The van der Waals surface area contributed by atoms with Crippen LogP contribution in [0.5, 0.6) is 5.75 Å². The van der Waals surface area contributed by atoms with Crippen molar-refractivity contribution in [2.24, 2.45) is 10.8 Å². The van der Waals surface area contributed by atoms with Crippen molar-refractivity contribution in [3.63, 3.8) is 0 Å². The zero-order valence-electron chi connectivity index (χ0n) is 8.99. The third-order valence-corrected chi connectivity index (χ3v) is 1.83. The normalized spacial score (nSPS) is 10.5. The van der Waals surface area contributed by atoms with Gasteiger partial charge < -0.3 is 10.5 Å². The Labute approximate surface area is 97.0 Å². The molecule has 0 unspecified atom stereocenters. The van der Waals surface area contributed by atoms with Gasteiger partial charge in [0.2, 0.25) is 5.71 Å². The van der Waals surface area contributed by atoms with E-state index in [-0.39, 0.29) is 11.4 Å². The predicted octanol–water partition coefficient (Wildman–Crippen LogP) is 1.06. The summed E-state index contributed by atoms with van der Waals surface area (Å²) < 4.78 is 18.2. The molecule has 0 atom stereocenters. The quantitative estimate of drug-likeness (QED) is 0.412. The molecular formula is C10H10FN5O. The van der Waals surface area contributed by atoms with Crippen LogP contribution in [0.3, 0.4) is 0 Å². The molecule has 6 nitrogen and oxygen atoms in total. The lowest BCUT2D eigenvalue weighted by Gasteiger charge is -2.04. The number of nitrogens with two attached hydrogens (primary N) is 1. The van der Waals surface area contributed by atoms with Gasteiger partial charge >= 0.3 is 0 Å². The molecule has 0 spiro atoms. The van der Waals surface area contributed by atoms with Crippen LogP contribution in [0, 0.1) is 22.6 Å². The van der Waals surface area contributed by atoms with Gasteiger partial charge in [-0.1, -0.05) is 0 Å². The molecule has 0 saturated carbocycles. The van der Waals surface area contributed by atoms with Crippen LogP contribution in [0.25, 0.3) is 0 Å². The van der Waals surface area contributed by atoms with E-state index in [9.17, 15) is 4.39 Å². The smallest absolute Gasteiger partial charge is 0.201 e. The van der Waals surface area contributed by atoms with Crippen molar-refractivity contribution in [3.05, 3.63) is 24.0 Å². The van der Waals surface area contributed by atoms with Gasteiger partial charge in [0, 0.05) is 6.07 Å². The van der Waals surface area contributed by atoms with Gasteiger partial charge in [0.25, 0.3) is 0 Å². The fourth-order valence-corrected chi connectivity index (χ4v) is 0.975. The minimum absolute atomic E-state index is 0.0554. The first kappa shape index (κ1) is 12.4. The lowest BCUT2D eigenvalue weighted by Crippen LogP contribution is -2.21. The number of amidine groups is 1. The summed E-state index contributed by atoms with van der Waals surface area (Å²) in [6.07, 6.45) is 0. The molecule has 88 valence electrons. The number of rotatable bonds is 4. The number of benzene rings is 1. The lowest BCUT2D eigenvalue weighted by molar-refractivity contribution is 0.411. The third kappa shape index (κ3) is 3.17. The van der Waals surface area contributed by atoms with E-state index in [1.807, 2.05) is 0 Å². The Morgan fingerprint density at radius 3 is 2.82 bits per heavy atom. The van der Waals surface area contributed by atoms with Crippen LogP contribution < -0.4 is 15.9 Å². The van der Waals surface area contributed by atoms with Crippen molar-refractivity contribution in [2.75, 3.05) is 12.5 Å². The highest BCUT2D eigenvalue weighted by Gasteiger charge is 2.05. The van der Waals surface area contributed by atoms with Gasteiger partial charge in [-0.15, -0.1) is 0 Å². The Kier molecular flexibility index (Phi) is 4.00. The van der Waals surface area contributed by atoms with Crippen LogP contribution >= 0.6 is 0 Å². The molecule has 17 heavy (non-hydrogen) atoms. The predicted molar refractivity (Wildman–Crippen MR) is 61.5 cm³/mol. The Bertz CT molecular complexity index is 506. The van der Waals surface area contributed by atoms with Gasteiger partial charge in [0.15, 0.2) is 11.7 Å². The van der Waals surface area contributed by atoms with Gasteiger partial charge in [-0.05, 0) is 12.1 Å². The van der Waals surface area contributed by atoms with Gasteiger partial charge in [0.05, 0.1) is 12.8 Å². The summed E-state index contributed by atoms with van der Waals surface area (Å²) in [6, 6.07) is 5.69. The first-order valence-electron chi connectivity index (χ1n) is 4.50. The molecule has 0 aliphatic carbocycles. The van der Waals surface area contributed by atoms with Crippen molar-refractivity contribution in [1.82, 2.24) is 0 Å². The Hall–Kier alpha value is -2.62. The molecule has 4 N–H and O–H groups in total. The van der Waals surface area contributed by atoms with Gasteiger partial charge in [-0.3, -0.25) is 10.8 Å². The highest BCUT2D eigenvalue weighted by Crippen LogP contribution is 2.20. The molecule has 0 heterocycles. The zero-order chi connectivity index (χ0) is 12.8. The number of nitrogens with zero attached hydrogens (tertiary/aromatic N) is 2. The Morgan fingerprint density at radius 1 is 1.65 bits per heavy atom. The highest BCUT2D eigenvalue weighted by atomic mass is 19.1. The van der Waals surface area contributed by atoms with Crippen molar-refractivity contribution in [3.8, 4) is 11.8 Å². The van der Waals surface area contributed by atoms with Crippen LogP contribution in [0.1, 0.15) is 0 Å². The van der Waals surface area contributed by atoms with Gasteiger partial charge in [-0.2, -0.15) is 10.4 Å². The average Bonchev–Trinajstić information content (AvgIpc) is 2.31. The van der Waals surface area contributed by atoms with E-state index in [0.29, 0.717) is 5.75 Å². The first-order chi connectivity index (χ1) is 8.08. The van der Waals surface area contributed by atoms with E-state index in [1.165, 1.54) is 19.2 Å². The molecule has 1 rings (SSSR count). The van der Waals surface area contributed by atoms with E-state index in [0.717, 1.165) is 6.07 Å². The summed E-state index contributed by atoms with van der Waals surface area (Å²) in [6.45, 7) is 0. The number of hydrazone groups is 1. The van der Waals surface area contributed by atoms with Crippen LogP contribution in [-0.2, 0) is 0 Å². The fourth-order valence-electron chi connectivity index (χ4n) is 0.975. The SMILES string of the molecule is COc1ccc(N/N=C(\C#N)C(=N)N)c(F)c1. The third-order valence-electron chi connectivity index (χ3n) is 1.83. The second-order valence-corrected chi connectivity index (χ2v) is 2.94. The molecule has 0 fully saturated rings. The van der Waals surface area contributed by atoms with Crippen LogP contribution in [-0.4, -0.2) is 18.7 Å². The van der Waals surface area contributed by atoms with E-state index in [2.05, 4.69) is 10.5 Å². The first-order valence-corrected chi connectivity index (χ1v) is 4.50. The van der Waals surface area contributed by atoms with E-state index in [1.54, 1.807) is 6.07 Å². The maximum Gasteiger partial charge on any atom is 0.201 e. The van der Waals surface area contributed by atoms with Crippen molar-refractivity contribution >= 4 is 17.2 Å². The van der Waals surface area contributed by atoms with E-state index < -0.39 is 11.7 Å². The Balaban J connectivity index is 2.90. The van der Waals surface area contributed by atoms with Crippen LogP contribution in [0.2, 0.25) is 0 Å². The molecule has 0 aliphatic rings. The number of ether oxygens (including phenoxy) is 1. The molecule has 0 saturated heterocycles. The standard InChI is InChI=1S/C10H10FN5O/c1-17-6-2-3-8(7(11)4-6)15-16-9(5-12)10(13)14/h2-4,15H,1H3,(H3,13,14)/b16-9+. The fraction of sp³-hybridized carbons (Fsp3) is 0.100. The van der Waals surface area contributed by atoms with Crippen molar-refractivity contribution in [1.29, 1.82) is 10.7 Å². The number of anilines is 1. The molecule has 0 bridgehead atoms. The number of methoxy groups -OCH3 is 1. The maximum atomic E-state index is 13.4. The van der Waals surface area contributed by atoms with Crippen molar-refractivity contribution < 1.29 is 9.13 Å². The summed E-state index contributed by atoms with van der Waals surface area (Å²) in [5.74, 6) is -0.716. The Morgan fingerprint density at radius 2 is 2.35 bits per heavy atom. The summed E-state index contributed by atoms with van der Waals surface area (Å²) in [4.78, 5) is 0. The lowest BCUT2D eigenvalue weighted by atomic mass is 10.3. The highest BCUT2D eigenvalue weighted by molar-refractivity contribution is 6.45. The van der Waals surface area contributed by atoms with Crippen LogP contribution in [0.15, 0.2) is 23.3 Å². The molecular weight excluding hydrogens is 225 g/mol. The number of hydrogen-bond donors (Lipinski definition) is 3. The summed E-state index contributed by atoms with van der Waals surface area (Å²) in [5, 5.41) is 19.1. The average molecular weight is 235 g/mol. The minimum atomic E-state index is -0.589. The number of hydrogen-bond acceptors (Lipinski definition) is 5. The second-order valence-electron chi connectivity index (χ2n) is 2.94. The largest absolute Gasteiger partial charge is 0.497 e. The number of nitrogens with one attached hydrogen (secondary N) is 2. The van der Waals surface area contributed by atoms with Crippen molar-refractivity contribution in [2.45, 2.75) is 0 Å². The summed E-state index contributed by atoms with van der Waals surface area (Å²) >= 11 is 0.